The predicted molar refractivity (Wildman–Crippen MR) is 104 cm³/mol. The number of fused-ring (bicyclic) bond motifs is 1. The van der Waals surface area contributed by atoms with Crippen molar-refractivity contribution in [2.45, 2.75) is 57.4 Å². The predicted octanol–water partition coefficient (Wildman–Crippen LogP) is 3.96. The third kappa shape index (κ3) is 4.22. The molecule has 0 spiro atoms. The lowest BCUT2D eigenvalue weighted by molar-refractivity contribution is 0.0565. The molecule has 0 radical (unpaired) electrons. The van der Waals surface area contributed by atoms with Crippen molar-refractivity contribution in [3.63, 3.8) is 0 Å². The molecule has 1 amide bonds. The number of carbonyl (C=O) groups is 1. The first-order valence-electron chi connectivity index (χ1n) is 10.6. The molecule has 0 aromatic heterocycles. The Morgan fingerprint density at radius 1 is 0.923 bits per heavy atom. The van der Waals surface area contributed by atoms with Crippen LogP contribution in [-0.2, 0) is 0 Å². The van der Waals surface area contributed by atoms with Crippen LogP contribution in [-0.4, -0.2) is 54.5 Å². The Labute approximate surface area is 157 Å². The van der Waals surface area contributed by atoms with Crippen molar-refractivity contribution in [3.05, 3.63) is 29.8 Å². The Bertz CT molecular complexity index is 595. The standard InChI is InChI=1S/C22H32N2O2/c25-22(23-13-3-1-4-14-23)19-8-11-21(12-9-19)26-17-18-7-10-20-6-2-5-15-24(20)16-18/h8-9,11-12,18,20H,1-7,10,13-17H2/t18-,20-/m0/s1. The van der Waals surface area contributed by atoms with Crippen LogP contribution >= 0.6 is 0 Å². The molecule has 1 aromatic carbocycles. The fraction of sp³-hybridized carbons (Fsp3) is 0.682. The summed E-state index contributed by atoms with van der Waals surface area (Å²) in [5.74, 6) is 1.69. The second-order valence-electron chi connectivity index (χ2n) is 8.28. The second kappa shape index (κ2) is 8.43. The zero-order valence-electron chi connectivity index (χ0n) is 15.9. The first-order chi connectivity index (χ1) is 12.8. The lowest BCUT2D eigenvalue weighted by Crippen LogP contribution is -2.47. The number of hydrogen-bond donors (Lipinski definition) is 0. The molecule has 3 fully saturated rings. The highest BCUT2D eigenvalue weighted by atomic mass is 16.5. The van der Waals surface area contributed by atoms with E-state index in [2.05, 4.69) is 4.90 Å². The molecule has 2 atom stereocenters. The average molecular weight is 357 g/mol. The van der Waals surface area contributed by atoms with E-state index in [1.807, 2.05) is 29.2 Å². The maximum atomic E-state index is 12.5. The third-order valence-electron chi connectivity index (χ3n) is 6.38. The Hall–Kier alpha value is -1.55. The first kappa shape index (κ1) is 17.8. The van der Waals surface area contributed by atoms with E-state index in [9.17, 15) is 4.79 Å². The van der Waals surface area contributed by atoms with Crippen molar-refractivity contribution in [3.8, 4) is 5.75 Å². The van der Waals surface area contributed by atoms with Crippen molar-refractivity contribution in [1.82, 2.24) is 9.80 Å². The lowest BCUT2D eigenvalue weighted by atomic mass is 9.88. The molecule has 0 unspecified atom stereocenters. The highest BCUT2D eigenvalue weighted by molar-refractivity contribution is 5.94. The van der Waals surface area contributed by atoms with Crippen molar-refractivity contribution in [2.75, 3.05) is 32.8 Å². The highest BCUT2D eigenvalue weighted by Crippen LogP contribution is 2.29. The van der Waals surface area contributed by atoms with Crippen LogP contribution in [0.5, 0.6) is 5.75 Å². The van der Waals surface area contributed by atoms with E-state index < -0.39 is 0 Å². The summed E-state index contributed by atoms with van der Waals surface area (Å²) in [6, 6.07) is 8.61. The fourth-order valence-electron chi connectivity index (χ4n) is 4.80. The number of amides is 1. The molecule has 0 aliphatic carbocycles. The second-order valence-corrected chi connectivity index (χ2v) is 8.28. The number of rotatable bonds is 4. The van der Waals surface area contributed by atoms with E-state index in [4.69, 9.17) is 4.74 Å². The maximum Gasteiger partial charge on any atom is 0.253 e. The van der Waals surface area contributed by atoms with Crippen LogP contribution in [0.1, 0.15) is 61.7 Å². The molecule has 26 heavy (non-hydrogen) atoms. The Balaban J connectivity index is 1.27. The van der Waals surface area contributed by atoms with Crippen molar-refractivity contribution < 1.29 is 9.53 Å². The zero-order valence-corrected chi connectivity index (χ0v) is 15.9. The highest BCUT2D eigenvalue weighted by Gasteiger charge is 2.30. The molecular weight excluding hydrogens is 324 g/mol. The van der Waals surface area contributed by atoms with Gasteiger partial charge in [-0.15, -0.1) is 0 Å². The van der Waals surface area contributed by atoms with Gasteiger partial charge in [0.2, 0.25) is 0 Å². The Morgan fingerprint density at radius 3 is 2.50 bits per heavy atom. The molecule has 0 N–H and O–H groups in total. The van der Waals surface area contributed by atoms with Gasteiger partial charge in [0.1, 0.15) is 5.75 Å². The van der Waals surface area contributed by atoms with Crippen LogP contribution in [0, 0.1) is 5.92 Å². The van der Waals surface area contributed by atoms with Crippen LogP contribution in [0.2, 0.25) is 0 Å². The summed E-state index contributed by atoms with van der Waals surface area (Å²) in [6.07, 6.45) is 10.3. The van der Waals surface area contributed by atoms with Gasteiger partial charge in [-0.3, -0.25) is 9.69 Å². The van der Waals surface area contributed by atoms with E-state index in [0.717, 1.165) is 49.9 Å². The van der Waals surface area contributed by atoms with Gasteiger partial charge in [0.15, 0.2) is 0 Å². The Kier molecular flexibility index (Phi) is 5.78. The third-order valence-corrected chi connectivity index (χ3v) is 6.38. The van der Waals surface area contributed by atoms with Gasteiger partial charge in [-0.1, -0.05) is 6.42 Å². The van der Waals surface area contributed by atoms with Gasteiger partial charge in [0.05, 0.1) is 6.61 Å². The van der Waals surface area contributed by atoms with E-state index in [0.29, 0.717) is 5.92 Å². The molecule has 4 rings (SSSR count). The minimum absolute atomic E-state index is 0.166. The minimum Gasteiger partial charge on any atom is -0.493 e. The molecule has 1 aromatic rings. The zero-order chi connectivity index (χ0) is 17.8. The van der Waals surface area contributed by atoms with Crippen LogP contribution in [0.3, 0.4) is 0 Å². The molecule has 3 saturated heterocycles. The normalized spacial score (nSPS) is 27.0. The van der Waals surface area contributed by atoms with Crippen LogP contribution < -0.4 is 4.74 Å². The molecule has 142 valence electrons. The molecule has 3 aliphatic heterocycles. The quantitative estimate of drug-likeness (QED) is 0.819. The van der Waals surface area contributed by atoms with Gasteiger partial charge in [0.25, 0.3) is 5.91 Å². The SMILES string of the molecule is O=C(c1ccc(OC[C@H]2CC[C@@H]3CCCCN3C2)cc1)N1CCCCC1. The number of nitrogens with zero attached hydrogens (tertiary/aromatic N) is 2. The summed E-state index contributed by atoms with van der Waals surface area (Å²) >= 11 is 0. The van der Waals surface area contributed by atoms with Crippen molar-refractivity contribution in [2.24, 2.45) is 5.92 Å². The van der Waals surface area contributed by atoms with E-state index in [1.54, 1.807) is 0 Å². The van der Waals surface area contributed by atoms with Gasteiger partial charge >= 0.3 is 0 Å². The van der Waals surface area contributed by atoms with E-state index in [1.165, 1.54) is 51.6 Å². The lowest BCUT2D eigenvalue weighted by Gasteiger charge is -2.42. The number of piperidine rings is 3. The van der Waals surface area contributed by atoms with Crippen LogP contribution in [0.15, 0.2) is 24.3 Å². The molecule has 0 saturated carbocycles. The monoisotopic (exact) mass is 356 g/mol. The minimum atomic E-state index is 0.166. The first-order valence-corrected chi connectivity index (χ1v) is 10.6. The molecule has 4 heteroatoms. The number of hydrogen-bond acceptors (Lipinski definition) is 3. The summed E-state index contributed by atoms with van der Waals surface area (Å²) in [4.78, 5) is 17.2. The summed E-state index contributed by atoms with van der Waals surface area (Å²) < 4.78 is 6.05. The summed E-state index contributed by atoms with van der Waals surface area (Å²) in [6.45, 7) is 5.06. The molecule has 4 nitrogen and oxygen atoms in total. The van der Waals surface area contributed by atoms with Crippen LogP contribution in [0.4, 0.5) is 0 Å². The topological polar surface area (TPSA) is 32.8 Å². The van der Waals surface area contributed by atoms with E-state index in [-0.39, 0.29) is 5.91 Å². The molecule has 3 aliphatic rings. The number of carbonyl (C=O) groups excluding carboxylic acids is 1. The molecule has 3 heterocycles. The summed E-state index contributed by atoms with van der Waals surface area (Å²) in [7, 11) is 0. The van der Waals surface area contributed by atoms with Gasteiger partial charge in [-0.25, -0.2) is 0 Å². The van der Waals surface area contributed by atoms with Gasteiger partial charge in [-0.2, -0.15) is 0 Å². The number of ether oxygens (including phenoxy) is 1. The molecule has 0 bridgehead atoms. The smallest absolute Gasteiger partial charge is 0.253 e. The molecular formula is C22H32N2O2. The van der Waals surface area contributed by atoms with Crippen molar-refractivity contribution >= 4 is 5.91 Å². The van der Waals surface area contributed by atoms with E-state index >= 15 is 0 Å². The maximum absolute atomic E-state index is 12.5. The summed E-state index contributed by atoms with van der Waals surface area (Å²) in [5, 5.41) is 0. The van der Waals surface area contributed by atoms with Gasteiger partial charge in [0, 0.05) is 37.2 Å². The summed E-state index contributed by atoms with van der Waals surface area (Å²) in [5.41, 5.74) is 0.785. The fourth-order valence-corrected chi connectivity index (χ4v) is 4.80. The van der Waals surface area contributed by atoms with Gasteiger partial charge < -0.3 is 9.64 Å². The number of likely N-dealkylation sites (tertiary alicyclic amines) is 1. The van der Waals surface area contributed by atoms with Gasteiger partial charge in [-0.05, 0) is 75.8 Å². The van der Waals surface area contributed by atoms with Crippen molar-refractivity contribution in [1.29, 1.82) is 0 Å². The van der Waals surface area contributed by atoms with Crippen LogP contribution in [0.25, 0.3) is 0 Å². The Morgan fingerprint density at radius 2 is 1.69 bits per heavy atom. The average Bonchev–Trinajstić information content (AvgIpc) is 2.72. The number of benzene rings is 1. The largest absolute Gasteiger partial charge is 0.493 e.